The van der Waals surface area contributed by atoms with Gasteiger partial charge in [-0.15, -0.1) is 0 Å². The fourth-order valence-corrected chi connectivity index (χ4v) is 5.34. The Hall–Kier alpha value is -3.06. The number of carbonyl (C=O) groups is 1. The SMILES string of the molecule is C[C@@H]1CC2=C(Cc3ccccc32)[C@@H](c2c(F)cc(OCCOCCOCCOCC(=O)O)cc2F)N1CC(F)(F)F. The molecule has 0 bridgehead atoms. The van der Waals surface area contributed by atoms with Crippen LogP contribution in [0, 0.1) is 11.6 Å². The first-order valence-corrected chi connectivity index (χ1v) is 13.2. The number of aliphatic carboxylic acids is 1. The third-order valence-corrected chi connectivity index (χ3v) is 6.99. The third-order valence-electron chi connectivity index (χ3n) is 6.99. The van der Waals surface area contributed by atoms with Gasteiger partial charge in [0.15, 0.2) is 0 Å². The number of fused-ring (bicyclic) bond motifs is 2. The second kappa shape index (κ2) is 13.7. The summed E-state index contributed by atoms with van der Waals surface area (Å²) >= 11 is 0. The minimum Gasteiger partial charge on any atom is -0.491 e. The van der Waals surface area contributed by atoms with E-state index in [0.29, 0.717) is 18.4 Å². The molecule has 1 heterocycles. The van der Waals surface area contributed by atoms with Crippen LogP contribution < -0.4 is 4.74 Å². The Balaban J connectivity index is 1.40. The first-order valence-electron chi connectivity index (χ1n) is 13.2. The summed E-state index contributed by atoms with van der Waals surface area (Å²) in [6, 6.07) is 7.65. The molecule has 2 aromatic rings. The Labute approximate surface area is 234 Å². The second-order valence-electron chi connectivity index (χ2n) is 9.90. The van der Waals surface area contributed by atoms with Crippen molar-refractivity contribution in [1.82, 2.24) is 4.90 Å². The van der Waals surface area contributed by atoms with Gasteiger partial charge in [-0.25, -0.2) is 13.6 Å². The van der Waals surface area contributed by atoms with Crippen LogP contribution in [0.3, 0.4) is 0 Å². The van der Waals surface area contributed by atoms with E-state index in [1.165, 1.54) is 0 Å². The summed E-state index contributed by atoms with van der Waals surface area (Å²) in [5, 5.41) is 8.46. The van der Waals surface area contributed by atoms with Gasteiger partial charge in [-0.3, -0.25) is 4.90 Å². The zero-order valence-corrected chi connectivity index (χ0v) is 22.5. The summed E-state index contributed by atoms with van der Waals surface area (Å²) in [6.45, 7) is 0.781. The van der Waals surface area contributed by atoms with Crippen molar-refractivity contribution < 1.29 is 50.8 Å². The molecule has 0 spiro atoms. The average Bonchev–Trinajstić information content (AvgIpc) is 3.25. The quantitative estimate of drug-likeness (QED) is 0.242. The second-order valence-corrected chi connectivity index (χ2v) is 9.90. The number of halogens is 5. The van der Waals surface area contributed by atoms with Crippen LogP contribution in [-0.4, -0.2) is 81.0 Å². The lowest BCUT2D eigenvalue weighted by atomic mass is 9.84. The average molecular weight is 586 g/mol. The lowest BCUT2D eigenvalue weighted by Crippen LogP contribution is -2.46. The number of hydrogen-bond acceptors (Lipinski definition) is 6. The molecule has 1 aliphatic heterocycles. The Bertz CT molecular complexity index is 1230. The maximum Gasteiger partial charge on any atom is 0.401 e. The van der Waals surface area contributed by atoms with Gasteiger partial charge in [-0.2, -0.15) is 13.2 Å². The molecule has 12 heteroatoms. The highest BCUT2D eigenvalue weighted by molar-refractivity contribution is 5.79. The van der Waals surface area contributed by atoms with E-state index in [0.717, 1.165) is 33.7 Å². The van der Waals surface area contributed by atoms with Gasteiger partial charge in [0.1, 0.15) is 30.6 Å². The summed E-state index contributed by atoms with van der Waals surface area (Å²) < 4.78 is 92.7. The molecule has 0 saturated carbocycles. The fraction of sp³-hybridized carbons (Fsp3) is 0.483. The first kappa shape index (κ1) is 30.9. The predicted octanol–water partition coefficient (Wildman–Crippen LogP) is 5.19. The van der Waals surface area contributed by atoms with Crippen LogP contribution in [0.25, 0.3) is 5.57 Å². The van der Waals surface area contributed by atoms with Gasteiger partial charge in [0.05, 0.1) is 45.6 Å². The van der Waals surface area contributed by atoms with E-state index in [4.69, 9.17) is 24.1 Å². The van der Waals surface area contributed by atoms with Crippen LogP contribution >= 0.6 is 0 Å². The summed E-state index contributed by atoms with van der Waals surface area (Å²) in [6.07, 6.45) is -3.87. The molecule has 1 N–H and O–H groups in total. The van der Waals surface area contributed by atoms with E-state index in [1.54, 1.807) is 6.92 Å². The Morgan fingerprint density at radius 1 is 0.976 bits per heavy atom. The number of hydrogen-bond donors (Lipinski definition) is 1. The highest BCUT2D eigenvalue weighted by atomic mass is 19.4. The minimum absolute atomic E-state index is 0.0226. The van der Waals surface area contributed by atoms with E-state index in [2.05, 4.69) is 0 Å². The maximum atomic E-state index is 15.5. The maximum absolute atomic E-state index is 15.5. The van der Waals surface area contributed by atoms with E-state index in [9.17, 15) is 18.0 Å². The molecule has 2 aromatic carbocycles. The topological polar surface area (TPSA) is 77.5 Å². The number of benzene rings is 2. The summed E-state index contributed by atoms with van der Waals surface area (Å²) in [5.41, 5.74) is 2.87. The monoisotopic (exact) mass is 585 g/mol. The molecule has 0 saturated heterocycles. The lowest BCUT2D eigenvalue weighted by Gasteiger charge is -2.42. The van der Waals surface area contributed by atoms with Gasteiger partial charge < -0.3 is 24.1 Å². The number of ether oxygens (including phenoxy) is 4. The molecule has 2 atom stereocenters. The fourth-order valence-electron chi connectivity index (χ4n) is 5.34. The van der Waals surface area contributed by atoms with Gasteiger partial charge in [-0.05, 0) is 42.0 Å². The third kappa shape index (κ3) is 8.03. The summed E-state index contributed by atoms with van der Waals surface area (Å²) in [7, 11) is 0. The minimum atomic E-state index is -4.55. The van der Waals surface area contributed by atoms with Gasteiger partial charge in [0, 0.05) is 23.7 Å². The first-order chi connectivity index (χ1) is 19.5. The van der Waals surface area contributed by atoms with E-state index in [-0.39, 0.29) is 45.4 Å². The zero-order valence-electron chi connectivity index (χ0n) is 22.5. The summed E-state index contributed by atoms with van der Waals surface area (Å²) in [5.74, 6) is -3.13. The van der Waals surface area contributed by atoms with Crippen molar-refractivity contribution in [2.24, 2.45) is 0 Å². The van der Waals surface area contributed by atoms with Crippen molar-refractivity contribution in [2.45, 2.75) is 38.0 Å². The van der Waals surface area contributed by atoms with Gasteiger partial charge in [-0.1, -0.05) is 24.3 Å². The number of alkyl halides is 3. The number of carboxylic acids is 1. The molecule has 7 nitrogen and oxygen atoms in total. The molecule has 0 fully saturated rings. The molecule has 2 aliphatic rings. The van der Waals surface area contributed by atoms with Crippen molar-refractivity contribution in [1.29, 1.82) is 0 Å². The van der Waals surface area contributed by atoms with Crippen molar-refractivity contribution in [3.8, 4) is 5.75 Å². The van der Waals surface area contributed by atoms with Crippen LogP contribution in [0.4, 0.5) is 22.0 Å². The van der Waals surface area contributed by atoms with Gasteiger partial charge >= 0.3 is 12.1 Å². The number of rotatable bonds is 14. The Morgan fingerprint density at radius 3 is 2.22 bits per heavy atom. The van der Waals surface area contributed by atoms with Gasteiger partial charge in [0.2, 0.25) is 0 Å². The molecule has 0 amide bonds. The molecule has 224 valence electrons. The zero-order chi connectivity index (χ0) is 29.6. The van der Waals surface area contributed by atoms with E-state index >= 15 is 8.78 Å². The highest BCUT2D eigenvalue weighted by Gasteiger charge is 2.45. The normalized spacial score (nSPS) is 18.9. The predicted molar refractivity (Wildman–Crippen MR) is 139 cm³/mol. The molecular formula is C29H32F5NO6. The molecule has 1 aliphatic carbocycles. The standard InChI is InChI=1S/C29H32F5NO6/c1-18-12-22-21-5-3-2-4-19(21)13-23(22)28(35(18)17-29(32,33)34)27-24(30)14-20(15-25(27)31)41-11-10-39-7-6-38-8-9-40-16-26(36)37/h2-5,14-15,18,28H,6-13,16-17H2,1H3,(H,36,37)/t18-,28+/m1/s1. The van der Waals surface area contributed by atoms with Crippen molar-refractivity contribution in [2.75, 3.05) is 52.8 Å². The van der Waals surface area contributed by atoms with E-state index in [1.807, 2.05) is 24.3 Å². The largest absolute Gasteiger partial charge is 0.491 e. The molecular weight excluding hydrogens is 553 g/mol. The smallest absolute Gasteiger partial charge is 0.401 e. The van der Waals surface area contributed by atoms with Crippen molar-refractivity contribution >= 4 is 11.5 Å². The van der Waals surface area contributed by atoms with Gasteiger partial charge in [0.25, 0.3) is 0 Å². The Kier molecular flexibility index (Phi) is 10.3. The van der Waals surface area contributed by atoms with Crippen LogP contribution in [0.2, 0.25) is 0 Å². The molecule has 0 unspecified atom stereocenters. The highest BCUT2D eigenvalue weighted by Crippen LogP contribution is 2.50. The molecule has 41 heavy (non-hydrogen) atoms. The lowest BCUT2D eigenvalue weighted by molar-refractivity contribution is -0.155. The summed E-state index contributed by atoms with van der Waals surface area (Å²) in [4.78, 5) is 11.5. The molecule has 4 rings (SSSR count). The van der Waals surface area contributed by atoms with Crippen molar-refractivity contribution in [3.05, 3.63) is 70.3 Å². The number of nitrogens with zero attached hydrogens (tertiary/aromatic N) is 1. The van der Waals surface area contributed by atoms with E-state index < -0.39 is 54.6 Å². The van der Waals surface area contributed by atoms with Crippen LogP contribution in [-0.2, 0) is 25.4 Å². The van der Waals surface area contributed by atoms with Crippen molar-refractivity contribution in [3.63, 3.8) is 0 Å². The number of carboxylic acid groups (broad SMARTS) is 1. The van der Waals surface area contributed by atoms with Crippen LogP contribution in [0.1, 0.15) is 36.1 Å². The molecule has 0 aromatic heterocycles. The van der Waals surface area contributed by atoms with Crippen LogP contribution in [0.5, 0.6) is 5.75 Å². The van der Waals surface area contributed by atoms with Crippen LogP contribution in [0.15, 0.2) is 42.0 Å². The molecule has 0 radical (unpaired) electrons. The Morgan fingerprint density at radius 2 is 1.59 bits per heavy atom.